The molecule has 0 radical (unpaired) electrons. The van der Waals surface area contributed by atoms with Gasteiger partial charge in [-0.05, 0) is 95.0 Å². The molecule has 3 aromatic carbocycles. The minimum Gasteiger partial charge on any atom is -0.506 e. The Morgan fingerprint density at radius 1 is 1.07 bits per heavy atom. The van der Waals surface area contributed by atoms with Gasteiger partial charge in [0.15, 0.2) is 0 Å². The van der Waals surface area contributed by atoms with E-state index in [1.165, 1.54) is 6.21 Å². The number of carbonyl (C=O) groups is 1. The van der Waals surface area contributed by atoms with Crippen LogP contribution < -0.4 is 14.9 Å². The molecule has 0 saturated heterocycles. The van der Waals surface area contributed by atoms with E-state index in [0.29, 0.717) is 27.1 Å². The van der Waals surface area contributed by atoms with Crippen LogP contribution in [0.3, 0.4) is 0 Å². The van der Waals surface area contributed by atoms with Gasteiger partial charge in [0.1, 0.15) is 23.0 Å². The van der Waals surface area contributed by atoms with Crippen LogP contribution in [0.25, 0.3) is 0 Å². The van der Waals surface area contributed by atoms with Gasteiger partial charge in [-0.25, -0.2) is 5.43 Å². The third-order valence-electron chi connectivity index (χ3n) is 4.35. The van der Waals surface area contributed by atoms with Gasteiger partial charge in [-0.2, -0.15) is 5.10 Å². The summed E-state index contributed by atoms with van der Waals surface area (Å²) in [7, 11) is 1.62. The SMILES string of the molecule is COc1ccc(Oc2cccc(C(=O)N/N=C/c3cc(C)c(O)c(Br)c3)c2)cc1C. The van der Waals surface area contributed by atoms with E-state index in [2.05, 4.69) is 26.5 Å². The number of rotatable bonds is 6. The van der Waals surface area contributed by atoms with Crippen molar-refractivity contribution in [2.45, 2.75) is 13.8 Å². The first kappa shape index (κ1) is 21.4. The van der Waals surface area contributed by atoms with E-state index < -0.39 is 0 Å². The molecule has 3 rings (SSSR count). The first-order valence-corrected chi connectivity index (χ1v) is 9.91. The Kier molecular flexibility index (Phi) is 6.74. The highest BCUT2D eigenvalue weighted by Gasteiger charge is 2.08. The van der Waals surface area contributed by atoms with E-state index in [1.54, 1.807) is 56.5 Å². The second-order valence-electron chi connectivity index (χ2n) is 6.63. The number of phenolic OH excluding ortho intramolecular Hbond substituents is 1. The van der Waals surface area contributed by atoms with Gasteiger partial charge in [0.25, 0.3) is 5.91 Å². The summed E-state index contributed by atoms with van der Waals surface area (Å²) < 4.78 is 11.7. The Morgan fingerprint density at radius 3 is 2.53 bits per heavy atom. The lowest BCUT2D eigenvalue weighted by Crippen LogP contribution is -2.17. The van der Waals surface area contributed by atoms with Crippen LogP contribution in [0, 0.1) is 13.8 Å². The summed E-state index contributed by atoms with van der Waals surface area (Å²) in [6.07, 6.45) is 1.51. The molecule has 0 heterocycles. The van der Waals surface area contributed by atoms with Gasteiger partial charge in [0.05, 0.1) is 17.8 Å². The Morgan fingerprint density at radius 2 is 1.83 bits per heavy atom. The number of methoxy groups -OCH3 is 1. The zero-order valence-electron chi connectivity index (χ0n) is 16.8. The summed E-state index contributed by atoms with van der Waals surface area (Å²) in [5.74, 6) is 1.79. The van der Waals surface area contributed by atoms with E-state index in [9.17, 15) is 9.90 Å². The van der Waals surface area contributed by atoms with Crippen molar-refractivity contribution in [3.63, 3.8) is 0 Å². The molecule has 0 saturated carbocycles. The monoisotopic (exact) mass is 468 g/mol. The van der Waals surface area contributed by atoms with Crippen LogP contribution in [0.4, 0.5) is 0 Å². The molecule has 3 aromatic rings. The number of amides is 1. The topological polar surface area (TPSA) is 80.2 Å². The van der Waals surface area contributed by atoms with E-state index in [4.69, 9.17) is 9.47 Å². The number of benzene rings is 3. The fourth-order valence-corrected chi connectivity index (χ4v) is 3.40. The fraction of sp³-hybridized carbons (Fsp3) is 0.130. The summed E-state index contributed by atoms with van der Waals surface area (Å²) in [6, 6.07) is 15.8. The van der Waals surface area contributed by atoms with Gasteiger partial charge < -0.3 is 14.6 Å². The molecule has 0 fully saturated rings. The number of hydrazone groups is 1. The van der Waals surface area contributed by atoms with E-state index in [0.717, 1.165) is 16.9 Å². The van der Waals surface area contributed by atoms with Crippen molar-refractivity contribution in [2.24, 2.45) is 5.10 Å². The van der Waals surface area contributed by atoms with Crippen molar-refractivity contribution in [1.29, 1.82) is 0 Å². The van der Waals surface area contributed by atoms with E-state index in [-0.39, 0.29) is 11.7 Å². The normalized spacial score (nSPS) is 10.8. The van der Waals surface area contributed by atoms with Crippen LogP contribution >= 0.6 is 15.9 Å². The zero-order valence-corrected chi connectivity index (χ0v) is 18.4. The average molecular weight is 469 g/mol. The number of hydrogen-bond acceptors (Lipinski definition) is 5. The smallest absolute Gasteiger partial charge is 0.271 e. The van der Waals surface area contributed by atoms with Crippen LogP contribution in [0.15, 0.2) is 64.2 Å². The second kappa shape index (κ2) is 9.45. The van der Waals surface area contributed by atoms with Gasteiger partial charge in [-0.3, -0.25) is 4.79 Å². The Balaban J connectivity index is 1.68. The molecule has 2 N–H and O–H groups in total. The molecule has 0 unspecified atom stereocenters. The number of nitrogens with zero attached hydrogens (tertiary/aromatic N) is 1. The van der Waals surface area contributed by atoms with Crippen LogP contribution in [0.5, 0.6) is 23.0 Å². The number of halogens is 1. The third-order valence-corrected chi connectivity index (χ3v) is 4.96. The molecule has 0 bridgehead atoms. The summed E-state index contributed by atoms with van der Waals surface area (Å²) in [4.78, 5) is 12.4. The minimum absolute atomic E-state index is 0.181. The third kappa shape index (κ3) is 5.18. The summed E-state index contributed by atoms with van der Waals surface area (Å²) >= 11 is 3.28. The number of ether oxygens (including phenoxy) is 2. The number of aromatic hydroxyl groups is 1. The first-order valence-electron chi connectivity index (χ1n) is 9.12. The molecule has 1 amide bonds. The standard InChI is InChI=1S/C23H21BrN2O4/c1-14-10-19(7-8-21(14)29-3)30-18-6-4-5-17(12-18)23(28)26-25-13-16-9-15(2)22(27)20(24)11-16/h4-13,27H,1-3H3,(H,26,28)/b25-13+. The van der Waals surface area contributed by atoms with Crippen LogP contribution in [-0.2, 0) is 0 Å². The van der Waals surface area contributed by atoms with Crippen molar-refractivity contribution in [1.82, 2.24) is 5.43 Å². The van der Waals surface area contributed by atoms with Crippen molar-refractivity contribution in [3.8, 4) is 23.0 Å². The molecule has 6 nitrogen and oxygen atoms in total. The largest absolute Gasteiger partial charge is 0.506 e. The number of carbonyl (C=O) groups excluding carboxylic acids is 1. The van der Waals surface area contributed by atoms with Gasteiger partial charge in [0.2, 0.25) is 0 Å². The van der Waals surface area contributed by atoms with Crippen LogP contribution in [0.1, 0.15) is 27.0 Å². The lowest BCUT2D eigenvalue weighted by atomic mass is 10.1. The Labute approximate surface area is 183 Å². The Hall–Kier alpha value is -3.32. The number of phenols is 1. The van der Waals surface area contributed by atoms with Crippen molar-refractivity contribution < 1.29 is 19.4 Å². The number of hydrogen-bond donors (Lipinski definition) is 2. The predicted octanol–water partition coefficient (Wildman–Crippen LogP) is 5.34. The minimum atomic E-state index is -0.364. The highest BCUT2D eigenvalue weighted by atomic mass is 79.9. The maximum atomic E-state index is 12.4. The number of nitrogens with one attached hydrogen (secondary N) is 1. The summed E-state index contributed by atoms with van der Waals surface area (Å²) in [5, 5.41) is 13.8. The molecular formula is C23H21BrN2O4. The highest BCUT2D eigenvalue weighted by molar-refractivity contribution is 9.10. The summed E-state index contributed by atoms with van der Waals surface area (Å²) in [5.41, 5.74) is 5.31. The number of aryl methyl sites for hydroxylation is 2. The van der Waals surface area contributed by atoms with Crippen molar-refractivity contribution in [2.75, 3.05) is 7.11 Å². The van der Waals surface area contributed by atoms with Crippen LogP contribution in [-0.4, -0.2) is 24.3 Å². The molecule has 0 atom stereocenters. The molecule has 0 aliphatic heterocycles. The maximum Gasteiger partial charge on any atom is 0.271 e. The maximum absolute atomic E-state index is 12.4. The average Bonchev–Trinajstić information content (AvgIpc) is 2.72. The highest BCUT2D eigenvalue weighted by Crippen LogP contribution is 2.29. The predicted molar refractivity (Wildman–Crippen MR) is 120 cm³/mol. The van der Waals surface area contributed by atoms with Crippen LogP contribution in [0.2, 0.25) is 0 Å². The fourth-order valence-electron chi connectivity index (χ4n) is 2.82. The second-order valence-corrected chi connectivity index (χ2v) is 7.48. The van der Waals surface area contributed by atoms with Crippen molar-refractivity contribution >= 4 is 28.1 Å². The van der Waals surface area contributed by atoms with Gasteiger partial charge >= 0.3 is 0 Å². The lowest BCUT2D eigenvalue weighted by molar-refractivity contribution is 0.0955. The van der Waals surface area contributed by atoms with E-state index in [1.807, 2.05) is 19.1 Å². The molecule has 7 heteroatoms. The van der Waals surface area contributed by atoms with Gasteiger partial charge in [-0.1, -0.05) is 6.07 Å². The molecular weight excluding hydrogens is 448 g/mol. The molecule has 0 aromatic heterocycles. The van der Waals surface area contributed by atoms with Crippen molar-refractivity contribution in [3.05, 3.63) is 81.3 Å². The Bertz CT molecular complexity index is 1090. The quantitative estimate of drug-likeness (QED) is 0.378. The molecule has 0 spiro atoms. The van der Waals surface area contributed by atoms with Gasteiger partial charge in [-0.15, -0.1) is 0 Å². The first-order chi connectivity index (χ1) is 14.4. The van der Waals surface area contributed by atoms with E-state index >= 15 is 0 Å². The molecule has 30 heavy (non-hydrogen) atoms. The molecule has 0 aliphatic rings. The zero-order chi connectivity index (χ0) is 21.7. The lowest BCUT2D eigenvalue weighted by Gasteiger charge is -2.10. The summed E-state index contributed by atoms with van der Waals surface area (Å²) in [6.45, 7) is 3.72. The molecule has 154 valence electrons. The van der Waals surface area contributed by atoms with Gasteiger partial charge in [0, 0.05) is 5.56 Å². The molecule has 0 aliphatic carbocycles.